The predicted octanol–water partition coefficient (Wildman–Crippen LogP) is 3.17. The van der Waals surface area contributed by atoms with Crippen molar-refractivity contribution in [1.82, 2.24) is 14.7 Å². The van der Waals surface area contributed by atoms with E-state index in [1.54, 1.807) is 0 Å². The van der Waals surface area contributed by atoms with Crippen molar-refractivity contribution in [1.29, 1.82) is 0 Å². The molecule has 1 unspecified atom stereocenters. The van der Waals surface area contributed by atoms with Crippen LogP contribution in [0, 0.1) is 6.92 Å². The molecule has 1 atom stereocenters. The summed E-state index contributed by atoms with van der Waals surface area (Å²) in [6, 6.07) is 10.1. The molecule has 1 saturated heterocycles. The molecule has 0 radical (unpaired) electrons. The van der Waals surface area contributed by atoms with Crippen LogP contribution in [0.1, 0.15) is 42.4 Å². The first-order chi connectivity index (χ1) is 12.5. The molecule has 1 aliphatic heterocycles. The number of carbonyl (C=O) groups excluding carboxylic acids is 1. The fraction of sp³-hybridized carbons (Fsp3) is 0.500. The number of amides is 1. The Morgan fingerprint density at radius 3 is 2.46 bits per heavy atom. The molecule has 6 heteroatoms. The normalized spacial score (nSPS) is 16.5. The van der Waals surface area contributed by atoms with E-state index in [4.69, 9.17) is 0 Å². The third kappa shape index (κ3) is 4.07. The fourth-order valence-corrected chi connectivity index (χ4v) is 3.20. The minimum atomic E-state index is -0.0978. The molecule has 26 heavy (non-hydrogen) atoms. The van der Waals surface area contributed by atoms with Crippen LogP contribution in [0.5, 0.6) is 0 Å². The van der Waals surface area contributed by atoms with Crippen molar-refractivity contribution in [3.63, 3.8) is 0 Å². The topological polar surface area (TPSA) is 53.4 Å². The van der Waals surface area contributed by atoms with Crippen LogP contribution in [0.2, 0.25) is 0 Å². The molecule has 0 aliphatic carbocycles. The highest BCUT2D eigenvalue weighted by molar-refractivity contribution is 6.04. The van der Waals surface area contributed by atoms with Crippen LogP contribution < -0.4 is 10.2 Å². The minimum Gasteiger partial charge on any atom is -0.369 e. The zero-order valence-electron chi connectivity index (χ0n) is 16.2. The summed E-state index contributed by atoms with van der Waals surface area (Å²) in [5.41, 5.74) is 2.75. The van der Waals surface area contributed by atoms with Crippen LogP contribution in [0.15, 0.2) is 30.3 Å². The standard InChI is InChI=1S/C20H29N5O/c1-5-16(3)25-19(14-15(2)22-25)21-20(26)17-6-8-18(9-7-17)24-12-10-23(4)11-13-24/h6-9,14,16H,5,10-13H2,1-4H3,(H,21,26). The zero-order chi connectivity index (χ0) is 18.7. The molecule has 1 N–H and O–H groups in total. The van der Waals surface area contributed by atoms with Crippen molar-refractivity contribution in [3.05, 3.63) is 41.6 Å². The van der Waals surface area contributed by atoms with Gasteiger partial charge in [0.25, 0.3) is 5.91 Å². The Labute approximate surface area is 155 Å². The summed E-state index contributed by atoms with van der Waals surface area (Å²) in [7, 11) is 2.15. The van der Waals surface area contributed by atoms with Crippen molar-refractivity contribution < 1.29 is 4.79 Å². The third-order valence-corrected chi connectivity index (χ3v) is 5.11. The number of anilines is 2. The molecule has 0 spiro atoms. The van der Waals surface area contributed by atoms with Crippen molar-refractivity contribution in [2.24, 2.45) is 0 Å². The summed E-state index contributed by atoms with van der Waals surface area (Å²) >= 11 is 0. The molecule has 1 aromatic carbocycles. The number of benzene rings is 1. The molecule has 3 rings (SSSR count). The Hall–Kier alpha value is -2.34. The summed E-state index contributed by atoms with van der Waals surface area (Å²) in [6.45, 7) is 10.4. The second-order valence-corrected chi connectivity index (χ2v) is 7.16. The van der Waals surface area contributed by atoms with Crippen molar-refractivity contribution in [3.8, 4) is 0 Å². The number of hydrogen-bond donors (Lipinski definition) is 1. The number of nitrogens with zero attached hydrogens (tertiary/aromatic N) is 4. The van der Waals surface area contributed by atoms with E-state index in [1.165, 1.54) is 5.69 Å². The van der Waals surface area contributed by atoms with E-state index in [-0.39, 0.29) is 11.9 Å². The second kappa shape index (κ2) is 7.91. The first kappa shape index (κ1) is 18.5. The molecule has 1 amide bonds. The number of aromatic nitrogens is 2. The second-order valence-electron chi connectivity index (χ2n) is 7.16. The Morgan fingerprint density at radius 2 is 1.85 bits per heavy atom. The number of nitrogens with one attached hydrogen (secondary N) is 1. The Bertz CT molecular complexity index is 744. The van der Waals surface area contributed by atoms with Gasteiger partial charge in [-0.25, -0.2) is 4.68 Å². The quantitative estimate of drug-likeness (QED) is 0.895. The smallest absolute Gasteiger partial charge is 0.256 e. The zero-order valence-corrected chi connectivity index (χ0v) is 16.2. The number of hydrogen-bond acceptors (Lipinski definition) is 4. The van der Waals surface area contributed by atoms with Gasteiger partial charge < -0.3 is 15.1 Å². The number of likely N-dealkylation sites (N-methyl/N-ethyl adjacent to an activating group) is 1. The van der Waals surface area contributed by atoms with Gasteiger partial charge in [0.05, 0.1) is 11.7 Å². The van der Waals surface area contributed by atoms with E-state index in [2.05, 4.69) is 41.1 Å². The predicted molar refractivity (Wildman–Crippen MR) is 106 cm³/mol. The van der Waals surface area contributed by atoms with E-state index < -0.39 is 0 Å². The number of aryl methyl sites for hydroxylation is 1. The van der Waals surface area contributed by atoms with Crippen LogP contribution in [0.25, 0.3) is 0 Å². The van der Waals surface area contributed by atoms with E-state index in [1.807, 2.05) is 41.9 Å². The average molecular weight is 355 g/mol. The van der Waals surface area contributed by atoms with E-state index >= 15 is 0 Å². The lowest BCUT2D eigenvalue weighted by Crippen LogP contribution is -2.44. The van der Waals surface area contributed by atoms with Gasteiger partial charge in [-0.3, -0.25) is 4.79 Å². The van der Waals surface area contributed by atoms with Gasteiger partial charge in [0, 0.05) is 43.5 Å². The van der Waals surface area contributed by atoms with E-state index in [0.717, 1.165) is 44.1 Å². The molecule has 140 valence electrons. The molecular formula is C20H29N5O. The largest absolute Gasteiger partial charge is 0.369 e. The van der Waals surface area contributed by atoms with Gasteiger partial charge in [0.1, 0.15) is 5.82 Å². The molecule has 2 heterocycles. The third-order valence-electron chi connectivity index (χ3n) is 5.11. The summed E-state index contributed by atoms with van der Waals surface area (Å²) in [6.07, 6.45) is 0.962. The Morgan fingerprint density at radius 1 is 1.19 bits per heavy atom. The highest BCUT2D eigenvalue weighted by Gasteiger charge is 2.16. The summed E-state index contributed by atoms with van der Waals surface area (Å²) in [5.74, 6) is 0.657. The lowest BCUT2D eigenvalue weighted by molar-refractivity contribution is 0.102. The summed E-state index contributed by atoms with van der Waals surface area (Å²) in [5, 5.41) is 7.51. The number of piperazine rings is 1. The maximum Gasteiger partial charge on any atom is 0.256 e. The molecule has 2 aromatic rings. The summed E-state index contributed by atoms with van der Waals surface area (Å²) in [4.78, 5) is 17.3. The lowest BCUT2D eigenvalue weighted by atomic mass is 10.1. The van der Waals surface area contributed by atoms with Crippen LogP contribution in [-0.4, -0.2) is 53.8 Å². The average Bonchev–Trinajstić information content (AvgIpc) is 3.02. The minimum absolute atomic E-state index is 0.0978. The monoisotopic (exact) mass is 355 g/mol. The molecule has 1 fully saturated rings. The highest BCUT2D eigenvalue weighted by atomic mass is 16.1. The highest BCUT2D eigenvalue weighted by Crippen LogP contribution is 2.21. The Kier molecular flexibility index (Phi) is 5.61. The first-order valence-corrected chi connectivity index (χ1v) is 9.39. The molecular weight excluding hydrogens is 326 g/mol. The number of rotatable bonds is 5. The molecule has 6 nitrogen and oxygen atoms in total. The van der Waals surface area contributed by atoms with Gasteiger partial charge in [-0.15, -0.1) is 0 Å². The lowest BCUT2D eigenvalue weighted by Gasteiger charge is -2.34. The van der Waals surface area contributed by atoms with Crippen LogP contribution in [0.3, 0.4) is 0 Å². The van der Waals surface area contributed by atoms with E-state index in [0.29, 0.717) is 5.56 Å². The van der Waals surface area contributed by atoms with Crippen molar-refractivity contribution in [2.45, 2.75) is 33.2 Å². The fourth-order valence-electron chi connectivity index (χ4n) is 3.20. The van der Waals surface area contributed by atoms with Crippen LogP contribution >= 0.6 is 0 Å². The van der Waals surface area contributed by atoms with Gasteiger partial charge in [0.2, 0.25) is 0 Å². The number of carbonyl (C=O) groups is 1. The summed E-state index contributed by atoms with van der Waals surface area (Å²) < 4.78 is 1.89. The van der Waals surface area contributed by atoms with Gasteiger partial charge in [-0.05, 0) is 51.6 Å². The molecule has 0 saturated carbocycles. The maximum absolute atomic E-state index is 12.6. The van der Waals surface area contributed by atoms with Gasteiger partial charge in [-0.2, -0.15) is 5.10 Å². The molecule has 1 aromatic heterocycles. The molecule has 0 bridgehead atoms. The van der Waals surface area contributed by atoms with Gasteiger partial charge in [-0.1, -0.05) is 6.92 Å². The van der Waals surface area contributed by atoms with Crippen molar-refractivity contribution >= 4 is 17.4 Å². The molecule has 1 aliphatic rings. The SMILES string of the molecule is CCC(C)n1nc(C)cc1NC(=O)c1ccc(N2CCN(C)CC2)cc1. The van der Waals surface area contributed by atoms with Gasteiger partial charge in [0.15, 0.2) is 0 Å². The van der Waals surface area contributed by atoms with Crippen molar-refractivity contribution in [2.75, 3.05) is 43.4 Å². The first-order valence-electron chi connectivity index (χ1n) is 9.39. The Balaban J connectivity index is 1.69. The van der Waals surface area contributed by atoms with E-state index in [9.17, 15) is 4.79 Å². The van der Waals surface area contributed by atoms with Gasteiger partial charge >= 0.3 is 0 Å². The maximum atomic E-state index is 12.6. The van der Waals surface area contributed by atoms with Crippen LogP contribution in [0.4, 0.5) is 11.5 Å². The van der Waals surface area contributed by atoms with Crippen LogP contribution in [-0.2, 0) is 0 Å².